The van der Waals surface area contributed by atoms with Crippen molar-refractivity contribution < 1.29 is 5.11 Å². The molecule has 2 rings (SSSR count). The molecule has 0 aromatic heterocycles. The van der Waals surface area contributed by atoms with E-state index in [-0.39, 0.29) is 5.75 Å². The highest BCUT2D eigenvalue weighted by Crippen LogP contribution is 2.20. The van der Waals surface area contributed by atoms with Crippen molar-refractivity contribution in [3.63, 3.8) is 0 Å². The first-order valence-corrected chi connectivity index (χ1v) is 5.87. The smallest absolute Gasteiger partial charge is 0.116 e. The maximum Gasteiger partial charge on any atom is 0.116 e. The van der Waals surface area contributed by atoms with Crippen LogP contribution < -0.4 is 5.43 Å². The van der Waals surface area contributed by atoms with Crippen molar-refractivity contribution in [2.24, 2.45) is 5.10 Å². The fourth-order valence-electron chi connectivity index (χ4n) is 1.31. The monoisotopic (exact) mass is 290 g/mol. The minimum Gasteiger partial charge on any atom is -0.508 e. The number of anilines is 1. The van der Waals surface area contributed by atoms with E-state index < -0.39 is 0 Å². The van der Waals surface area contributed by atoms with Gasteiger partial charge in [0.2, 0.25) is 0 Å². The number of nitrogens with zero attached hydrogens (tertiary/aromatic N) is 1. The van der Waals surface area contributed by atoms with E-state index in [1.54, 1.807) is 24.4 Å². The van der Waals surface area contributed by atoms with E-state index in [4.69, 9.17) is 0 Å². The van der Waals surface area contributed by atoms with Crippen molar-refractivity contribution in [2.45, 2.75) is 0 Å². The minimum atomic E-state index is 0.227. The Balaban J connectivity index is 2.06. The molecule has 4 heteroatoms. The molecule has 0 spiro atoms. The summed E-state index contributed by atoms with van der Waals surface area (Å²) in [5.74, 6) is 0.227. The van der Waals surface area contributed by atoms with E-state index in [0.717, 1.165) is 15.7 Å². The van der Waals surface area contributed by atoms with Crippen molar-refractivity contribution in [3.8, 4) is 5.75 Å². The molecule has 3 nitrogen and oxygen atoms in total. The Bertz CT molecular complexity index is 526. The highest BCUT2D eigenvalue weighted by atomic mass is 79.9. The average molecular weight is 291 g/mol. The van der Waals surface area contributed by atoms with Crippen LogP contribution in [0.4, 0.5) is 5.69 Å². The quantitative estimate of drug-likeness (QED) is 0.670. The average Bonchev–Trinajstić information content (AvgIpc) is 2.33. The lowest BCUT2D eigenvalue weighted by Crippen LogP contribution is -1.90. The van der Waals surface area contributed by atoms with E-state index in [0.29, 0.717) is 0 Å². The Morgan fingerprint density at radius 2 is 1.88 bits per heavy atom. The van der Waals surface area contributed by atoms with Gasteiger partial charge in [-0.25, -0.2) is 0 Å². The van der Waals surface area contributed by atoms with Crippen LogP contribution in [-0.4, -0.2) is 11.3 Å². The SMILES string of the molecule is Oc1ccc(C=NNc2ccccc2)c(Br)c1. The van der Waals surface area contributed by atoms with Crippen LogP contribution in [-0.2, 0) is 0 Å². The maximum absolute atomic E-state index is 9.25. The van der Waals surface area contributed by atoms with Gasteiger partial charge in [0, 0.05) is 10.0 Å². The Hall–Kier alpha value is -1.81. The molecule has 17 heavy (non-hydrogen) atoms. The number of hydrogen-bond donors (Lipinski definition) is 2. The van der Waals surface area contributed by atoms with Gasteiger partial charge in [-0.15, -0.1) is 0 Å². The molecule has 0 fully saturated rings. The van der Waals surface area contributed by atoms with Crippen LogP contribution in [0.25, 0.3) is 0 Å². The van der Waals surface area contributed by atoms with Crippen molar-refractivity contribution in [2.75, 3.05) is 5.43 Å². The van der Waals surface area contributed by atoms with Crippen LogP contribution in [0.1, 0.15) is 5.56 Å². The number of nitrogens with one attached hydrogen (secondary N) is 1. The first-order valence-electron chi connectivity index (χ1n) is 5.08. The minimum absolute atomic E-state index is 0.227. The van der Waals surface area contributed by atoms with Gasteiger partial charge in [-0.3, -0.25) is 5.43 Å². The molecule has 2 aromatic rings. The van der Waals surface area contributed by atoms with Crippen LogP contribution in [0.5, 0.6) is 5.75 Å². The van der Waals surface area contributed by atoms with Crippen LogP contribution in [0.15, 0.2) is 58.1 Å². The summed E-state index contributed by atoms with van der Waals surface area (Å²) >= 11 is 3.35. The molecular formula is C13H11BrN2O. The van der Waals surface area contributed by atoms with Gasteiger partial charge in [-0.2, -0.15) is 5.10 Å². The molecule has 0 bridgehead atoms. The number of benzene rings is 2. The molecule has 2 N–H and O–H groups in total. The fourth-order valence-corrected chi connectivity index (χ4v) is 1.78. The fraction of sp³-hybridized carbons (Fsp3) is 0. The van der Waals surface area contributed by atoms with Crippen molar-refractivity contribution in [1.29, 1.82) is 0 Å². The molecule has 0 radical (unpaired) electrons. The van der Waals surface area contributed by atoms with E-state index in [1.165, 1.54) is 0 Å². The lowest BCUT2D eigenvalue weighted by atomic mass is 10.2. The summed E-state index contributed by atoms with van der Waals surface area (Å²) in [6.45, 7) is 0. The van der Waals surface area contributed by atoms with E-state index in [2.05, 4.69) is 26.5 Å². The number of hydrazone groups is 1. The van der Waals surface area contributed by atoms with Crippen molar-refractivity contribution in [1.82, 2.24) is 0 Å². The predicted molar refractivity (Wildman–Crippen MR) is 73.5 cm³/mol. The van der Waals surface area contributed by atoms with Crippen LogP contribution in [0.3, 0.4) is 0 Å². The molecular weight excluding hydrogens is 280 g/mol. The summed E-state index contributed by atoms with van der Waals surface area (Å²) in [5, 5.41) is 13.4. The van der Waals surface area contributed by atoms with E-state index in [1.807, 2.05) is 30.3 Å². The summed E-state index contributed by atoms with van der Waals surface area (Å²) < 4.78 is 0.802. The first kappa shape index (κ1) is 11.7. The summed E-state index contributed by atoms with van der Waals surface area (Å²) in [7, 11) is 0. The molecule has 0 saturated carbocycles. The van der Waals surface area contributed by atoms with Gasteiger partial charge < -0.3 is 5.11 Å². The number of rotatable bonds is 3. The standard InChI is InChI=1S/C13H11BrN2O/c14-13-8-12(17)7-6-10(13)9-15-16-11-4-2-1-3-5-11/h1-9,16-17H. The highest BCUT2D eigenvalue weighted by Gasteiger charge is 1.97. The van der Waals surface area contributed by atoms with Gasteiger partial charge in [-0.1, -0.05) is 18.2 Å². The highest BCUT2D eigenvalue weighted by molar-refractivity contribution is 9.10. The molecule has 0 heterocycles. The third kappa shape index (κ3) is 3.32. The summed E-state index contributed by atoms with van der Waals surface area (Å²) in [5.41, 5.74) is 4.75. The van der Waals surface area contributed by atoms with Gasteiger partial charge in [0.25, 0.3) is 0 Å². The Labute approximate surface area is 108 Å². The molecule has 0 atom stereocenters. The third-order valence-corrected chi connectivity index (χ3v) is 2.84. The number of phenols is 1. The molecule has 2 aromatic carbocycles. The molecule has 86 valence electrons. The zero-order valence-corrected chi connectivity index (χ0v) is 10.6. The molecule has 0 aliphatic heterocycles. The Morgan fingerprint density at radius 3 is 2.59 bits per heavy atom. The first-order chi connectivity index (χ1) is 8.25. The molecule has 0 aliphatic carbocycles. The lowest BCUT2D eigenvalue weighted by Gasteiger charge is -2.00. The normalized spacial score (nSPS) is 10.6. The molecule has 0 aliphatic rings. The number of hydrogen-bond acceptors (Lipinski definition) is 3. The summed E-state index contributed by atoms with van der Waals surface area (Å²) in [4.78, 5) is 0. The van der Waals surface area contributed by atoms with Crippen molar-refractivity contribution in [3.05, 3.63) is 58.6 Å². The van der Waals surface area contributed by atoms with Gasteiger partial charge >= 0.3 is 0 Å². The number of para-hydroxylation sites is 1. The zero-order valence-electron chi connectivity index (χ0n) is 8.97. The van der Waals surface area contributed by atoms with Crippen LogP contribution in [0.2, 0.25) is 0 Å². The third-order valence-electron chi connectivity index (χ3n) is 2.16. The molecule has 0 unspecified atom stereocenters. The Morgan fingerprint density at radius 1 is 1.12 bits per heavy atom. The van der Waals surface area contributed by atoms with Crippen LogP contribution in [0, 0.1) is 0 Å². The number of aromatic hydroxyl groups is 1. The summed E-state index contributed by atoms with van der Waals surface area (Å²) in [6, 6.07) is 14.7. The van der Waals surface area contributed by atoms with Crippen LogP contribution >= 0.6 is 15.9 Å². The van der Waals surface area contributed by atoms with Gasteiger partial charge in [0.15, 0.2) is 0 Å². The number of halogens is 1. The number of phenolic OH excluding ortho intramolecular Hbond substituents is 1. The maximum atomic E-state index is 9.25. The Kier molecular flexibility index (Phi) is 3.77. The predicted octanol–water partition coefficient (Wildman–Crippen LogP) is 3.60. The second-order valence-corrected chi connectivity index (χ2v) is 4.30. The lowest BCUT2D eigenvalue weighted by molar-refractivity contribution is 0.475. The largest absolute Gasteiger partial charge is 0.508 e. The summed E-state index contributed by atoms with van der Waals surface area (Å²) in [6.07, 6.45) is 1.69. The van der Waals surface area contributed by atoms with Crippen molar-refractivity contribution >= 4 is 27.8 Å². The van der Waals surface area contributed by atoms with Gasteiger partial charge in [0.05, 0.1) is 11.9 Å². The molecule has 0 amide bonds. The topological polar surface area (TPSA) is 44.6 Å². The zero-order chi connectivity index (χ0) is 12.1. The van der Waals surface area contributed by atoms with Gasteiger partial charge in [-0.05, 0) is 46.3 Å². The van der Waals surface area contributed by atoms with E-state index >= 15 is 0 Å². The molecule has 0 saturated heterocycles. The van der Waals surface area contributed by atoms with E-state index in [9.17, 15) is 5.11 Å². The van der Waals surface area contributed by atoms with Gasteiger partial charge in [0.1, 0.15) is 5.75 Å². The second-order valence-electron chi connectivity index (χ2n) is 3.44. The second kappa shape index (κ2) is 5.50.